The molecule has 2 saturated carbocycles. The Labute approximate surface area is 321 Å². The molecule has 0 bridgehead atoms. The normalized spacial score (nSPS) is 22.4. The van der Waals surface area contributed by atoms with Crippen LogP contribution in [0.1, 0.15) is 93.6 Å². The van der Waals surface area contributed by atoms with Crippen molar-refractivity contribution < 1.29 is 75.6 Å². The van der Waals surface area contributed by atoms with E-state index in [0.29, 0.717) is 40.3 Å². The second-order valence-electron chi connectivity index (χ2n) is 13.0. The third-order valence-corrected chi connectivity index (χ3v) is 10.1. The molecule has 2 aromatic carbocycles. The van der Waals surface area contributed by atoms with Gasteiger partial charge in [-0.05, 0) is 81.0 Å². The molecule has 2 aromatic heterocycles. The van der Waals surface area contributed by atoms with Gasteiger partial charge in [-0.3, -0.25) is 9.36 Å². The Hall–Kier alpha value is -2.33. The molecule has 3 heterocycles. The van der Waals surface area contributed by atoms with E-state index in [9.17, 15) is 15.0 Å². The van der Waals surface area contributed by atoms with E-state index < -0.39 is 17.8 Å². The molecule has 13 heteroatoms. The third kappa shape index (κ3) is 6.86. The zero-order valence-electron chi connectivity index (χ0n) is 27.7. The second-order valence-corrected chi connectivity index (χ2v) is 13.0. The van der Waals surface area contributed by atoms with Gasteiger partial charge in [-0.15, -0.1) is 0 Å². The molecule has 2 unspecified atom stereocenters. The van der Waals surface area contributed by atoms with Crippen LogP contribution in [-0.2, 0) is 22.4 Å². The molecule has 248 valence electrons. The number of aryl methyl sites for hydroxylation is 1. The van der Waals surface area contributed by atoms with Crippen LogP contribution in [0, 0.1) is 5.82 Å². The summed E-state index contributed by atoms with van der Waals surface area (Å²) in [5, 5.41) is 24.9. The van der Waals surface area contributed by atoms with Crippen molar-refractivity contribution in [1.29, 1.82) is 0 Å². The van der Waals surface area contributed by atoms with Gasteiger partial charge in [0.25, 0.3) is 12.0 Å². The van der Waals surface area contributed by atoms with Gasteiger partial charge in [0.1, 0.15) is 12.1 Å². The van der Waals surface area contributed by atoms with Crippen molar-refractivity contribution >= 4 is 11.6 Å². The Balaban J connectivity index is 0.00000401. The number of aliphatic hydroxyl groups is 2. The Morgan fingerprint density at radius 1 is 1.15 bits per heavy atom. The SMILES string of the molecule is CCCc1c(Cc2ccc(-c3ccccc3C3=NC(O)ON3)cc2F)c(=O)n(C2CCC(OC(C)C3(O)CCC3)CC2)c2ncnn12.[K+]. The first-order valence-corrected chi connectivity index (χ1v) is 16.6. The fraction of sp³-hybridized carbons (Fsp3) is 0.486. The summed E-state index contributed by atoms with van der Waals surface area (Å²) >= 11 is 0. The number of halogens is 1. The minimum absolute atomic E-state index is 0. The number of nitrogens with one attached hydrogen (secondary N) is 1. The Bertz CT molecular complexity index is 1870. The number of ether oxygens (including phenoxy) is 1. The number of nitrogens with zero attached hydrogens (tertiary/aromatic N) is 5. The van der Waals surface area contributed by atoms with Gasteiger partial charge in [-0.2, -0.15) is 10.1 Å². The van der Waals surface area contributed by atoms with E-state index in [-0.39, 0.29) is 81.6 Å². The van der Waals surface area contributed by atoms with E-state index in [1.165, 1.54) is 12.4 Å². The van der Waals surface area contributed by atoms with Crippen molar-refractivity contribution in [2.45, 2.75) is 108 Å². The molecule has 3 aliphatic rings. The fourth-order valence-electron chi connectivity index (χ4n) is 7.26. The molecule has 11 nitrogen and oxygen atoms in total. The van der Waals surface area contributed by atoms with Gasteiger partial charge in [-0.1, -0.05) is 49.7 Å². The van der Waals surface area contributed by atoms with E-state index in [1.54, 1.807) is 15.1 Å². The molecule has 1 aliphatic heterocycles. The van der Waals surface area contributed by atoms with Gasteiger partial charge in [0, 0.05) is 23.6 Å². The van der Waals surface area contributed by atoms with Crippen LogP contribution in [0.3, 0.4) is 0 Å². The number of fused-ring (bicyclic) bond motifs is 1. The van der Waals surface area contributed by atoms with Gasteiger partial charge in [-0.25, -0.2) is 24.2 Å². The van der Waals surface area contributed by atoms with Crippen molar-refractivity contribution in [2.24, 2.45) is 4.99 Å². The Morgan fingerprint density at radius 2 is 1.90 bits per heavy atom. The van der Waals surface area contributed by atoms with Gasteiger partial charge >= 0.3 is 51.4 Å². The van der Waals surface area contributed by atoms with Crippen LogP contribution in [0.2, 0.25) is 0 Å². The van der Waals surface area contributed by atoms with Gasteiger partial charge in [0.05, 0.1) is 23.5 Å². The van der Waals surface area contributed by atoms with E-state index in [2.05, 4.69) is 20.6 Å². The van der Waals surface area contributed by atoms with Crippen molar-refractivity contribution in [2.75, 3.05) is 0 Å². The summed E-state index contributed by atoms with van der Waals surface area (Å²) in [5.74, 6) is 0.435. The van der Waals surface area contributed by atoms with Crippen LogP contribution in [-0.4, -0.2) is 59.4 Å². The van der Waals surface area contributed by atoms with E-state index >= 15 is 4.39 Å². The van der Waals surface area contributed by atoms with Crippen LogP contribution in [0.5, 0.6) is 0 Å². The first-order valence-electron chi connectivity index (χ1n) is 16.6. The Kier molecular flexibility index (Phi) is 11.0. The van der Waals surface area contributed by atoms with Crippen molar-refractivity contribution in [3.63, 3.8) is 0 Å². The molecule has 3 N–H and O–H groups in total. The molecule has 0 spiro atoms. The largest absolute Gasteiger partial charge is 1.00 e. The van der Waals surface area contributed by atoms with Crippen LogP contribution in [0.25, 0.3) is 16.9 Å². The van der Waals surface area contributed by atoms with E-state index in [1.807, 2.05) is 44.2 Å². The number of amidine groups is 1. The van der Waals surface area contributed by atoms with Crippen LogP contribution in [0.4, 0.5) is 4.39 Å². The summed E-state index contributed by atoms with van der Waals surface area (Å²) in [6.45, 7) is 4.00. The maximum atomic E-state index is 15.9. The average Bonchev–Trinajstić information content (AvgIpc) is 3.72. The summed E-state index contributed by atoms with van der Waals surface area (Å²) in [6.07, 6.45) is 7.08. The first kappa shape index (κ1) is 35.5. The minimum Gasteiger partial charge on any atom is -0.387 e. The van der Waals surface area contributed by atoms with E-state index in [4.69, 9.17) is 9.57 Å². The predicted octanol–water partition coefficient (Wildman–Crippen LogP) is 1.61. The summed E-state index contributed by atoms with van der Waals surface area (Å²) in [7, 11) is 0. The average molecular weight is 684 g/mol. The molecule has 0 amide bonds. The zero-order valence-corrected chi connectivity index (χ0v) is 30.9. The maximum absolute atomic E-state index is 15.9. The summed E-state index contributed by atoms with van der Waals surface area (Å²) in [5.41, 5.74) is 5.42. The van der Waals surface area contributed by atoms with Crippen molar-refractivity contribution in [1.82, 2.24) is 24.6 Å². The predicted molar refractivity (Wildman–Crippen MR) is 173 cm³/mol. The third-order valence-electron chi connectivity index (χ3n) is 10.1. The number of benzene rings is 2. The number of hydrogen-bond donors (Lipinski definition) is 3. The summed E-state index contributed by atoms with van der Waals surface area (Å²) in [4.78, 5) is 27.9. The summed E-state index contributed by atoms with van der Waals surface area (Å²) in [6, 6.07) is 12.3. The van der Waals surface area contributed by atoms with Crippen molar-refractivity contribution in [3.8, 4) is 11.1 Å². The van der Waals surface area contributed by atoms with Crippen LogP contribution < -0.4 is 62.4 Å². The molecular formula is C35H41FKN6O5+. The minimum atomic E-state index is -1.31. The molecule has 2 aliphatic carbocycles. The number of rotatable bonds is 10. The van der Waals surface area contributed by atoms with Gasteiger partial charge < -0.3 is 14.9 Å². The first-order chi connectivity index (χ1) is 22.8. The monoisotopic (exact) mass is 683 g/mol. The smallest absolute Gasteiger partial charge is 0.387 e. The number of aliphatic hydroxyl groups excluding tert-OH is 1. The van der Waals surface area contributed by atoms with Crippen LogP contribution in [0.15, 0.2) is 58.6 Å². The quantitative estimate of drug-likeness (QED) is 0.215. The fourth-order valence-corrected chi connectivity index (χ4v) is 7.26. The molecular weight excluding hydrogens is 643 g/mol. The van der Waals surface area contributed by atoms with Crippen LogP contribution >= 0.6 is 0 Å². The number of hydrogen-bond acceptors (Lipinski definition) is 9. The number of aromatic nitrogens is 4. The standard InChI is InChI=1S/C35H41FN6O5.K/c1-3-7-30-28(18-23-11-10-22(19-29(23)36)26-8-4-5-9-27(26)31-39-34(44)47-40-31)32(43)41(33-37-20-38-42(30)33)24-12-14-25(15-13-24)46-21(2)35(45)16-6-17-35;/h4-5,8-11,19-21,24-25,34,44-45H,3,6-7,12-18H2,1-2H3,(H,39,40);/q;+1. The second kappa shape index (κ2) is 14.9. The molecule has 0 radical (unpaired) electrons. The topological polar surface area (TPSA) is 136 Å². The van der Waals surface area contributed by atoms with Crippen molar-refractivity contribution in [3.05, 3.63) is 87.3 Å². The molecule has 7 rings (SSSR count). The molecule has 0 saturated heterocycles. The number of hydroxylamine groups is 1. The van der Waals surface area contributed by atoms with Gasteiger partial charge in [0.15, 0.2) is 5.84 Å². The zero-order chi connectivity index (χ0) is 32.7. The number of aliphatic imine (C=N–C) groups is 1. The molecule has 4 aromatic rings. The maximum Gasteiger partial charge on any atom is 1.00 e. The molecule has 2 atom stereocenters. The molecule has 2 fully saturated rings. The van der Waals surface area contributed by atoms with E-state index in [0.717, 1.165) is 62.6 Å². The Morgan fingerprint density at radius 3 is 2.54 bits per heavy atom. The molecule has 48 heavy (non-hydrogen) atoms. The summed E-state index contributed by atoms with van der Waals surface area (Å²) < 4.78 is 25.7. The van der Waals surface area contributed by atoms with Gasteiger partial charge in [0.2, 0.25) is 5.78 Å².